The number of piperidine rings is 1. The molecule has 176 valence electrons. The number of nitrogens with two attached hydrogens (primary N) is 1. The van der Waals surface area contributed by atoms with Gasteiger partial charge in [0.05, 0.1) is 22.4 Å². The summed E-state index contributed by atoms with van der Waals surface area (Å²) in [6, 6.07) is 10.9. The topological polar surface area (TPSA) is 102 Å². The third-order valence-electron chi connectivity index (χ3n) is 6.13. The normalized spacial score (nSPS) is 16.5. The van der Waals surface area contributed by atoms with Gasteiger partial charge < -0.3 is 25.3 Å². The molecule has 3 aromatic rings. The van der Waals surface area contributed by atoms with Gasteiger partial charge in [-0.2, -0.15) is 0 Å². The van der Waals surface area contributed by atoms with Crippen molar-refractivity contribution in [2.45, 2.75) is 31.8 Å². The molecule has 0 atom stereocenters. The number of aromatic nitrogens is 1. The molecule has 9 heteroatoms. The van der Waals surface area contributed by atoms with E-state index in [0.29, 0.717) is 39.2 Å². The molecule has 4 N–H and O–H groups in total. The molecule has 5 rings (SSSR count). The average Bonchev–Trinajstić information content (AvgIpc) is 2.84. The predicted molar refractivity (Wildman–Crippen MR) is 132 cm³/mol. The third-order valence-corrected chi connectivity index (χ3v) is 6.78. The molecule has 34 heavy (non-hydrogen) atoms. The Morgan fingerprint density at radius 1 is 1.12 bits per heavy atom. The van der Waals surface area contributed by atoms with E-state index in [1.165, 1.54) is 12.4 Å². The fourth-order valence-electron chi connectivity index (χ4n) is 4.17. The first kappa shape index (κ1) is 22.9. The number of benzene rings is 2. The van der Waals surface area contributed by atoms with Crippen molar-refractivity contribution in [1.82, 2.24) is 10.3 Å². The monoisotopic (exact) mass is 498 g/mol. The fourth-order valence-corrected chi connectivity index (χ4v) is 4.64. The number of anilines is 1. The van der Waals surface area contributed by atoms with E-state index in [1.807, 2.05) is 18.2 Å². The molecule has 2 aromatic carbocycles. The first-order valence-corrected chi connectivity index (χ1v) is 11.8. The van der Waals surface area contributed by atoms with Crippen molar-refractivity contribution in [3.63, 3.8) is 0 Å². The molecular formula is C25H24Cl2N4O3. The van der Waals surface area contributed by atoms with Gasteiger partial charge >= 0.3 is 0 Å². The van der Waals surface area contributed by atoms with Gasteiger partial charge in [0.1, 0.15) is 18.1 Å². The van der Waals surface area contributed by atoms with Crippen molar-refractivity contribution in [1.29, 1.82) is 5.41 Å². The standard InChI is InChI=1S/C25H24Cl2N4O3/c26-20-11-31-12-21(27)19(20)14-32-17-2-3-22(28)18(10-17)24(29)15-1-4-23-16(9-15)13-33-25(34-23)5-7-30-8-6-25/h1-4,9-12,29-30H,5-8,13-14,28H2. The number of fused-ring (bicyclic) bond motifs is 1. The number of halogens is 2. The summed E-state index contributed by atoms with van der Waals surface area (Å²) in [5.41, 5.74) is 9.83. The lowest BCUT2D eigenvalue weighted by molar-refractivity contribution is -0.218. The van der Waals surface area contributed by atoms with Crippen LogP contribution < -0.4 is 20.5 Å². The zero-order valence-electron chi connectivity index (χ0n) is 18.4. The molecule has 3 heterocycles. The number of pyridine rings is 1. The maximum Gasteiger partial charge on any atom is 0.213 e. The molecule has 1 aromatic heterocycles. The van der Waals surface area contributed by atoms with E-state index in [-0.39, 0.29) is 12.3 Å². The summed E-state index contributed by atoms with van der Waals surface area (Å²) in [6.07, 6.45) is 4.66. The second-order valence-electron chi connectivity index (χ2n) is 8.37. The van der Waals surface area contributed by atoms with Crippen molar-refractivity contribution in [2.24, 2.45) is 0 Å². The van der Waals surface area contributed by atoms with Crippen molar-refractivity contribution in [3.05, 3.63) is 81.1 Å². The summed E-state index contributed by atoms with van der Waals surface area (Å²) in [6.45, 7) is 2.36. The maximum atomic E-state index is 8.80. The number of hydrogen-bond acceptors (Lipinski definition) is 7. The Kier molecular flexibility index (Phi) is 6.36. The number of hydrogen-bond donors (Lipinski definition) is 3. The molecule has 0 bridgehead atoms. The lowest BCUT2D eigenvalue weighted by Gasteiger charge is -2.41. The van der Waals surface area contributed by atoms with Crippen LogP contribution in [0.5, 0.6) is 11.5 Å². The van der Waals surface area contributed by atoms with Gasteiger partial charge in [0, 0.05) is 66.3 Å². The van der Waals surface area contributed by atoms with Crippen molar-refractivity contribution in [3.8, 4) is 11.5 Å². The van der Waals surface area contributed by atoms with Crippen LogP contribution in [-0.4, -0.2) is 29.6 Å². The smallest absolute Gasteiger partial charge is 0.213 e. The third kappa shape index (κ3) is 4.57. The van der Waals surface area contributed by atoms with Crippen LogP contribution in [-0.2, 0) is 18.0 Å². The molecule has 0 radical (unpaired) electrons. The summed E-state index contributed by atoms with van der Waals surface area (Å²) in [5, 5.41) is 13.0. The highest BCUT2D eigenvalue weighted by Crippen LogP contribution is 2.37. The summed E-state index contributed by atoms with van der Waals surface area (Å²) in [4.78, 5) is 3.95. The van der Waals surface area contributed by atoms with E-state index in [0.717, 1.165) is 42.8 Å². The van der Waals surface area contributed by atoms with E-state index >= 15 is 0 Å². The number of rotatable bonds is 5. The SMILES string of the molecule is N=C(c1ccc2c(c1)COC1(CCNCC1)O2)c1cc(OCc2c(Cl)cncc2Cl)ccc1N. The Labute approximate surface area is 207 Å². The zero-order chi connectivity index (χ0) is 23.7. The first-order chi connectivity index (χ1) is 16.4. The molecule has 0 aliphatic carbocycles. The highest BCUT2D eigenvalue weighted by atomic mass is 35.5. The van der Waals surface area contributed by atoms with E-state index < -0.39 is 5.79 Å². The van der Waals surface area contributed by atoms with Crippen LogP contribution in [0.3, 0.4) is 0 Å². The molecule has 7 nitrogen and oxygen atoms in total. The van der Waals surface area contributed by atoms with E-state index in [1.54, 1.807) is 18.2 Å². The molecule has 1 saturated heterocycles. The molecular weight excluding hydrogens is 475 g/mol. The summed E-state index contributed by atoms with van der Waals surface area (Å²) in [5.74, 6) is 0.806. The van der Waals surface area contributed by atoms with Crippen LogP contribution in [0.2, 0.25) is 10.0 Å². The van der Waals surface area contributed by atoms with Crippen LogP contribution in [0.15, 0.2) is 48.8 Å². The molecule has 0 saturated carbocycles. The summed E-state index contributed by atoms with van der Waals surface area (Å²) >= 11 is 12.4. The van der Waals surface area contributed by atoms with Gasteiger partial charge in [-0.3, -0.25) is 10.4 Å². The van der Waals surface area contributed by atoms with Crippen LogP contribution >= 0.6 is 23.2 Å². The summed E-state index contributed by atoms with van der Waals surface area (Å²) in [7, 11) is 0. The molecule has 2 aliphatic rings. The molecule has 1 fully saturated rings. The largest absolute Gasteiger partial charge is 0.489 e. The van der Waals surface area contributed by atoms with Gasteiger partial charge in [-0.25, -0.2) is 0 Å². The summed E-state index contributed by atoms with van der Waals surface area (Å²) < 4.78 is 18.2. The highest BCUT2D eigenvalue weighted by molar-refractivity contribution is 6.35. The van der Waals surface area contributed by atoms with Gasteiger partial charge in [0.2, 0.25) is 5.79 Å². The Hall–Kier alpha value is -2.84. The Balaban J connectivity index is 1.34. The fraction of sp³-hybridized carbons (Fsp3) is 0.280. The predicted octanol–water partition coefficient (Wildman–Crippen LogP) is 4.95. The quantitative estimate of drug-likeness (QED) is 0.339. The minimum absolute atomic E-state index is 0.168. The van der Waals surface area contributed by atoms with Crippen molar-refractivity contribution in [2.75, 3.05) is 18.8 Å². The minimum Gasteiger partial charge on any atom is -0.489 e. The Bertz CT molecular complexity index is 1220. The van der Waals surface area contributed by atoms with Crippen LogP contribution in [0, 0.1) is 5.41 Å². The lowest BCUT2D eigenvalue weighted by Crippen LogP contribution is -2.49. The van der Waals surface area contributed by atoms with Gasteiger partial charge in [0.15, 0.2) is 0 Å². The Morgan fingerprint density at radius 3 is 2.65 bits per heavy atom. The molecule has 0 amide bonds. The van der Waals surface area contributed by atoms with E-state index in [2.05, 4.69) is 10.3 Å². The van der Waals surface area contributed by atoms with Crippen LogP contribution in [0.1, 0.15) is 35.1 Å². The van der Waals surface area contributed by atoms with Gasteiger partial charge in [-0.1, -0.05) is 23.2 Å². The minimum atomic E-state index is -0.552. The Morgan fingerprint density at radius 2 is 1.88 bits per heavy atom. The number of nitrogens with zero attached hydrogens (tertiary/aromatic N) is 1. The van der Waals surface area contributed by atoms with E-state index in [9.17, 15) is 0 Å². The van der Waals surface area contributed by atoms with E-state index in [4.69, 9.17) is 48.6 Å². The number of nitrogens with one attached hydrogen (secondary N) is 2. The van der Waals surface area contributed by atoms with Crippen molar-refractivity contribution >= 4 is 34.6 Å². The molecule has 0 unspecified atom stereocenters. The maximum absolute atomic E-state index is 8.80. The first-order valence-electron chi connectivity index (χ1n) is 11.0. The zero-order valence-corrected chi connectivity index (χ0v) is 19.9. The number of nitrogen functional groups attached to an aromatic ring is 1. The van der Waals surface area contributed by atoms with Crippen LogP contribution in [0.4, 0.5) is 5.69 Å². The average molecular weight is 499 g/mol. The van der Waals surface area contributed by atoms with Crippen molar-refractivity contribution < 1.29 is 14.2 Å². The van der Waals surface area contributed by atoms with Gasteiger partial charge in [-0.15, -0.1) is 0 Å². The second-order valence-corrected chi connectivity index (χ2v) is 9.18. The molecule has 2 aliphatic heterocycles. The number of ether oxygens (including phenoxy) is 3. The second kappa shape index (κ2) is 9.43. The van der Waals surface area contributed by atoms with Gasteiger partial charge in [0.25, 0.3) is 0 Å². The molecule has 1 spiro atoms. The van der Waals surface area contributed by atoms with Gasteiger partial charge in [-0.05, 0) is 36.4 Å². The lowest BCUT2D eigenvalue weighted by atomic mass is 9.97. The highest BCUT2D eigenvalue weighted by Gasteiger charge is 2.39. The van der Waals surface area contributed by atoms with Crippen LogP contribution in [0.25, 0.3) is 0 Å².